The second-order valence-corrected chi connectivity index (χ2v) is 6.31. The van der Waals surface area contributed by atoms with Gasteiger partial charge in [0, 0.05) is 16.0 Å². The van der Waals surface area contributed by atoms with Crippen molar-refractivity contribution in [2.45, 2.75) is 6.42 Å². The summed E-state index contributed by atoms with van der Waals surface area (Å²) in [6.45, 7) is 0. The van der Waals surface area contributed by atoms with E-state index in [1.54, 1.807) is 18.2 Å². The van der Waals surface area contributed by atoms with Crippen LogP contribution in [-0.2, 0) is 11.2 Å². The van der Waals surface area contributed by atoms with Gasteiger partial charge in [-0.2, -0.15) is 5.26 Å². The molecule has 6 heteroatoms. The Morgan fingerprint density at radius 2 is 1.96 bits per heavy atom. The van der Waals surface area contributed by atoms with Gasteiger partial charge in [0.2, 0.25) is 5.91 Å². The maximum atomic E-state index is 12.1. The van der Waals surface area contributed by atoms with Crippen molar-refractivity contribution < 1.29 is 4.79 Å². The summed E-state index contributed by atoms with van der Waals surface area (Å²) in [6, 6.07) is 16.5. The molecule has 1 aromatic heterocycles. The van der Waals surface area contributed by atoms with Gasteiger partial charge < -0.3 is 5.32 Å². The van der Waals surface area contributed by atoms with Gasteiger partial charge in [-0.25, -0.2) is 4.98 Å². The number of nitrogens with zero attached hydrogens (tertiary/aromatic N) is 2. The molecular formula is C18H12ClN3OS. The predicted molar refractivity (Wildman–Crippen MR) is 96.1 cm³/mol. The average Bonchev–Trinajstić information content (AvgIpc) is 3.05. The van der Waals surface area contributed by atoms with E-state index in [-0.39, 0.29) is 12.3 Å². The van der Waals surface area contributed by atoms with Gasteiger partial charge >= 0.3 is 0 Å². The highest BCUT2D eigenvalue weighted by Crippen LogP contribution is 2.25. The Balaban J connectivity index is 1.68. The average molecular weight is 354 g/mol. The third-order valence-electron chi connectivity index (χ3n) is 3.37. The van der Waals surface area contributed by atoms with Gasteiger partial charge in [-0.15, -0.1) is 11.3 Å². The van der Waals surface area contributed by atoms with Gasteiger partial charge in [0.05, 0.1) is 23.7 Å². The molecule has 0 aliphatic carbocycles. The van der Waals surface area contributed by atoms with E-state index in [2.05, 4.69) is 16.4 Å². The molecule has 0 unspecified atom stereocenters. The van der Waals surface area contributed by atoms with E-state index in [0.717, 1.165) is 16.8 Å². The normalized spacial score (nSPS) is 10.2. The number of hydrogen-bond donors (Lipinski definition) is 1. The van der Waals surface area contributed by atoms with Crippen LogP contribution in [0.2, 0.25) is 5.02 Å². The smallest absolute Gasteiger partial charge is 0.230 e. The van der Waals surface area contributed by atoms with Gasteiger partial charge in [0.1, 0.15) is 0 Å². The molecular weight excluding hydrogens is 342 g/mol. The van der Waals surface area contributed by atoms with Crippen LogP contribution < -0.4 is 5.32 Å². The van der Waals surface area contributed by atoms with Crippen LogP contribution in [-0.4, -0.2) is 10.9 Å². The molecule has 1 amide bonds. The van der Waals surface area contributed by atoms with E-state index in [1.165, 1.54) is 11.3 Å². The highest BCUT2D eigenvalue weighted by atomic mass is 35.5. The van der Waals surface area contributed by atoms with Crippen LogP contribution >= 0.6 is 22.9 Å². The van der Waals surface area contributed by atoms with Crippen LogP contribution in [0.4, 0.5) is 5.13 Å². The number of rotatable bonds is 4. The zero-order valence-corrected chi connectivity index (χ0v) is 14.1. The minimum Gasteiger partial charge on any atom is -0.302 e. The lowest BCUT2D eigenvalue weighted by Crippen LogP contribution is -2.14. The molecule has 1 N–H and O–H groups in total. The second-order valence-electron chi connectivity index (χ2n) is 5.04. The Hall–Kier alpha value is -2.68. The summed E-state index contributed by atoms with van der Waals surface area (Å²) in [5, 5.41) is 14.6. The maximum absolute atomic E-state index is 12.1. The molecule has 0 bridgehead atoms. The Morgan fingerprint density at radius 1 is 1.21 bits per heavy atom. The molecule has 0 aliphatic rings. The standard InChI is InChI=1S/C18H12ClN3OS/c19-15-4-2-1-3-14(15)9-17(23)22-18-21-16(11-24-18)13-7-5-12(10-20)6-8-13/h1-8,11H,9H2,(H,21,22,23). The molecule has 0 atom stereocenters. The van der Waals surface area contributed by atoms with Gasteiger partial charge in [-0.05, 0) is 23.8 Å². The van der Waals surface area contributed by atoms with Gasteiger partial charge in [0.25, 0.3) is 0 Å². The summed E-state index contributed by atoms with van der Waals surface area (Å²) in [6.07, 6.45) is 0.200. The van der Waals surface area contributed by atoms with E-state index >= 15 is 0 Å². The number of carbonyl (C=O) groups is 1. The molecule has 3 aromatic rings. The van der Waals surface area contributed by atoms with E-state index in [9.17, 15) is 4.79 Å². The second kappa shape index (κ2) is 7.26. The highest BCUT2D eigenvalue weighted by Gasteiger charge is 2.10. The number of nitriles is 1. The molecule has 0 aliphatic heterocycles. The summed E-state index contributed by atoms with van der Waals surface area (Å²) < 4.78 is 0. The fraction of sp³-hybridized carbons (Fsp3) is 0.0556. The molecule has 4 nitrogen and oxygen atoms in total. The van der Waals surface area contributed by atoms with Crippen LogP contribution in [0.25, 0.3) is 11.3 Å². The zero-order valence-electron chi connectivity index (χ0n) is 12.5. The van der Waals surface area contributed by atoms with Crippen molar-refractivity contribution in [2.75, 3.05) is 5.32 Å². The highest BCUT2D eigenvalue weighted by molar-refractivity contribution is 7.14. The molecule has 0 saturated heterocycles. The predicted octanol–water partition coefficient (Wildman–Crippen LogP) is 4.52. The first-order chi connectivity index (χ1) is 11.7. The Bertz CT molecular complexity index is 913. The third-order valence-corrected chi connectivity index (χ3v) is 4.50. The van der Waals surface area contributed by atoms with Gasteiger partial charge in [-0.3, -0.25) is 4.79 Å². The first-order valence-electron chi connectivity index (χ1n) is 7.15. The summed E-state index contributed by atoms with van der Waals surface area (Å²) in [4.78, 5) is 16.5. The van der Waals surface area contributed by atoms with Crippen LogP contribution in [0.15, 0.2) is 53.9 Å². The number of halogens is 1. The van der Waals surface area contributed by atoms with Crippen LogP contribution in [0.5, 0.6) is 0 Å². The molecule has 3 rings (SSSR count). The van der Waals surface area contributed by atoms with Crippen LogP contribution in [0, 0.1) is 11.3 Å². The Labute approximate surface area is 148 Å². The minimum atomic E-state index is -0.163. The number of benzene rings is 2. The van der Waals surface area contributed by atoms with E-state index in [0.29, 0.717) is 15.7 Å². The maximum Gasteiger partial charge on any atom is 0.230 e. The molecule has 1 heterocycles. The fourth-order valence-electron chi connectivity index (χ4n) is 2.16. The molecule has 118 valence electrons. The fourth-order valence-corrected chi connectivity index (χ4v) is 3.10. The van der Waals surface area contributed by atoms with Crippen LogP contribution in [0.3, 0.4) is 0 Å². The lowest BCUT2D eigenvalue weighted by molar-refractivity contribution is -0.115. The molecule has 0 fully saturated rings. The number of anilines is 1. The third kappa shape index (κ3) is 3.80. The quantitative estimate of drug-likeness (QED) is 0.750. The van der Waals surface area contributed by atoms with Gasteiger partial charge in [-0.1, -0.05) is 41.9 Å². The van der Waals surface area contributed by atoms with E-state index < -0.39 is 0 Å². The Kier molecular flexibility index (Phi) is 4.90. The number of amides is 1. The largest absolute Gasteiger partial charge is 0.302 e. The molecule has 24 heavy (non-hydrogen) atoms. The first-order valence-corrected chi connectivity index (χ1v) is 8.41. The van der Waals surface area contributed by atoms with Crippen molar-refractivity contribution in [3.05, 3.63) is 70.1 Å². The van der Waals surface area contributed by atoms with E-state index in [4.69, 9.17) is 16.9 Å². The molecule has 2 aromatic carbocycles. The summed E-state index contributed by atoms with van der Waals surface area (Å²) in [7, 11) is 0. The number of hydrogen-bond acceptors (Lipinski definition) is 4. The Morgan fingerprint density at radius 3 is 2.67 bits per heavy atom. The van der Waals surface area contributed by atoms with Gasteiger partial charge in [0.15, 0.2) is 5.13 Å². The summed E-state index contributed by atoms with van der Waals surface area (Å²) in [5.41, 5.74) is 3.04. The van der Waals surface area contributed by atoms with Crippen molar-refractivity contribution in [3.63, 3.8) is 0 Å². The monoisotopic (exact) mass is 353 g/mol. The molecule has 0 saturated carbocycles. The van der Waals surface area contributed by atoms with Crippen molar-refractivity contribution in [1.82, 2.24) is 4.98 Å². The van der Waals surface area contributed by atoms with E-state index in [1.807, 2.05) is 35.7 Å². The zero-order chi connectivity index (χ0) is 16.9. The molecule has 0 radical (unpaired) electrons. The van der Waals surface area contributed by atoms with Crippen LogP contribution in [0.1, 0.15) is 11.1 Å². The SMILES string of the molecule is N#Cc1ccc(-c2csc(NC(=O)Cc3ccccc3Cl)n2)cc1. The lowest BCUT2D eigenvalue weighted by atomic mass is 10.1. The number of thiazole rings is 1. The minimum absolute atomic E-state index is 0.163. The summed E-state index contributed by atoms with van der Waals surface area (Å²) in [5.74, 6) is -0.163. The summed E-state index contributed by atoms with van der Waals surface area (Å²) >= 11 is 7.42. The number of carbonyl (C=O) groups excluding carboxylic acids is 1. The van der Waals surface area contributed by atoms with Crippen molar-refractivity contribution >= 4 is 34.0 Å². The number of nitrogens with one attached hydrogen (secondary N) is 1. The van der Waals surface area contributed by atoms with Crippen molar-refractivity contribution in [3.8, 4) is 17.3 Å². The molecule has 0 spiro atoms. The topological polar surface area (TPSA) is 65.8 Å². The number of aromatic nitrogens is 1. The van der Waals surface area contributed by atoms with Crippen molar-refractivity contribution in [1.29, 1.82) is 5.26 Å². The lowest BCUT2D eigenvalue weighted by Gasteiger charge is -2.04. The first kappa shape index (κ1) is 16.2. The van der Waals surface area contributed by atoms with Crippen molar-refractivity contribution in [2.24, 2.45) is 0 Å².